The Morgan fingerprint density at radius 1 is 1.35 bits per heavy atom. The Morgan fingerprint density at radius 3 is 3.00 bits per heavy atom. The van der Waals surface area contributed by atoms with Crippen molar-refractivity contribution in [2.24, 2.45) is 0 Å². The third-order valence-electron chi connectivity index (χ3n) is 4.04. The van der Waals surface area contributed by atoms with Crippen molar-refractivity contribution in [2.45, 2.75) is 25.2 Å². The smallest absolute Gasteiger partial charge is 0.270 e. The summed E-state index contributed by atoms with van der Waals surface area (Å²) in [5.41, 5.74) is 0.996. The van der Waals surface area contributed by atoms with Gasteiger partial charge in [-0.1, -0.05) is 12.1 Å². The Hall–Kier alpha value is -2.51. The van der Waals surface area contributed by atoms with E-state index >= 15 is 0 Å². The molecule has 0 aliphatic carbocycles. The number of aromatic nitrogens is 1. The van der Waals surface area contributed by atoms with Crippen LogP contribution in [0.25, 0.3) is 0 Å². The number of methoxy groups -OCH3 is 1. The first-order valence-corrected chi connectivity index (χ1v) is 8.41. The molecule has 0 bridgehead atoms. The summed E-state index contributed by atoms with van der Waals surface area (Å²) >= 11 is 0. The van der Waals surface area contributed by atoms with Crippen LogP contribution in [0.4, 0.5) is 4.39 Å². The molecule has 0 saturated carbocycles. The molecular formula is C19H21FN2O4. The molecule has 138 valence electrons. The summed E-state index contributed by atoms with van der Waals surface area (Å²) in [5, 5.41) is 2.95. The van der Waals surface area contributed by atoms with Gasteiger partial charge >= 0.3 is 0 Å². The lowest BCUT2D eigenvalue weighted by Crippen LogP contribution is -2.51. The Kier molecular flexibility index (Phi) is 6.14. The third kappa shape index (κ3) is 4.77. The van der Waals surface area contributed by atoms with Gasteiger partial charge in [-0.2, -0.15) is 0 Å². The molecule has 1 fully saturated rings. The summed E-state index contributed by atoms with van der Waals surface area (Å²) in [6.07, 6.45) is 0.195. The molecule has 1 amide bonds. The van der Waals surface area contributed by atoms with Gasteiger partial charge in [-0.05, 0) is 30.7 Å². The van der Waals surface area contributed by atoms with Crippen molar-refractivity contribution in [3.05, 3.63) is 59.7 Å². The van der Waals surface area contributed by atoms with Gasteiger partial charge < -0.3 is 19.5 Å². The Labute approximate surface area is 151 Å². The minimum atomic E-state index is -0.406. The molecule has 2 aromatic rings. The van der Waals surface area contributed by atoms with Gasteiger partial charge in [0.15, 0.2) is 0 Å². The van der Waals surface area contributed by atoms with Crippen molar-refractivity contribution >= 4 is 5.91 Å². The van der Waals surface area contributed by atoms with Crippen molar-refractivity contribution in [3.8, 4) is 5.75 Å². The molecule has 3 rings (SSSR count). The molecule has 26 heavy (non-hydrogen) atoms. The van der Waals surface area contributed by atoms with Crippen LogP contribution in [-0.2, 0) is 16.1 Å². The number of carbonyl (C=O) groups is 1. The number of nitrogens with one attached hydrogen (secondary N) is 1. The van der Waals surface area contributed by atoms with Crippen molar-refractivity contribution in [1.29, 1.82) is 0 Å². The van der Waals surface area contributed by atoms with Crippen LogP contribution in [0.3, 0.4) is 0 Å². The fraction of sp³-hybridized carbons (Fsp3) is 0.368. The van der Waals surface area contributed by atoms with Gasteiger partial charge in [0.05, 0.1) is 24.9 Å². The zero-order chi connectivity index (χ0) is 18.4. The van der Waals surface area contributed by atoms with E-state index in [0.717, 1.165) is 0 Å². The fourth-order valence-corrected chi connectivity index (χ4v) is 2.78. The summed E-state index contributed by atoms with van der Waals surface area (Å²) in [5.74, 6) is -0.262. The molecule has 1 aromatic heterocycles. The van der Waals surface area contributed by atoms with Gasteiger partial charge in [0.2, 0.25) is 0 Å². The third-order valence-corrected chi connectivity index (χ3v) is 4.04. The van der Waals surface area contributed by atoms with Gasteiger partial charge in [-0.25, -0.2) is 9.37 Å². The lowest BCUT2D eigenvalue weighted by molar-refractivity contribution is -0.0136. The molecule has 0 unspecified atom stereocenters. The summed E-state index contributed by atoms with van der Waals surface area (Å²) < 4.78 is 29.7. The van der Waals surface area contributed by atoms with Gasteiger partial charge in [0, 0.05) is 19.8 Å². The van der Waals surface area contributed by atoms with Crippen LogP contribution in [-0.4, -0.2) is 43.4 Å². The van der Waals surface area contributed by atoms with Gasteiger partial charge in [0.1, 0.15) is 23.4 Å². The number of hydrogen-bond acceptors (Lipinski definition) is 5. The molecule has 1 aliphatic rings. The maximum absolute atomic E-state index is 13.4. The minimum Gasteiger partial charge on any atom is -0.486 e. The first-order chi connectivity index (χ1) is 12.7. The van der Waals surface area contributed by atoms with Gasteiger partial charge in [0.25, 0.3) is 5.91 Å². The number of halogens is 1. The van der Waals surface area contributed by atoms with E-state index < -0.39 is 6.10 Å². The van der Waals surface area contributed by atoms with E-state index in [1.807, 2.05) is 0 Å². The van der Waals surface area contributed by atoms with E-state index in [0.29, 0.717) is 43.4 Å². The highest BCUT2D eigenvalue weighted by atomic mass is 19.1. The van der Waals surface area contributed by atoms with E-state index in [1.165, 1.54) is 12.1 Å². The lowest BCUT2D eigenvalue weighted by atomic mass is 10.1. The van der Waals surface area contributed by atoms with Crippen LogP contribution in [0, 0.1) is 5.82 Å². The van der Waals surface area contributed by atoms with E-state index in [4.69, 9.17) is 14.2 Å². The summed E-state index contributed by atoms with van der Waals surface area (Å²) in [7, 11) is 1.57. The maximum Gasteiger partial charge on any atom is 0.270 e. The highest BCUT2D eigenvalue weighted by Crippen LogP contribution is 2.19. The number of pyridine rings is 1. The molecule has 1 saturated heterocycles. The largest absolute Gasteiger partial charge is 0.486 e. The van der Waals surface area contributed by atoms with Crippen LogP contribution in [0.15, 0.2) is 42.5 Å². The second-order valence-electron chi connectivity index (χ2n) is 6.00. The monoisotopic (exact) mass is 360 g/mol. The second kappa shape index (κ2) is 8.73. The number of hydrogen-bond donors (Lipinski definition) is 1. The Bertz CT molecular complexity index is 756. The predicted octanol–water partition coefficient (Wildman–Crippen LogP) is 2.33. The zero-order valence-electron chi connectivity index (χ0n) is 14.5. The van der Waals surface area contributed by atoms with Crippen molar-refractivity contribution in [3.63, 3.8) is 0 Å². The number of nitrogens with zero attached hydrogens (tertiary/aromatic N) is 1. The summed E-state index contributed by atoms with van der Waals surface area (Å²) in [6, 6.07) is 10.9. The summed E-state index contributed by atoms with van der Waals surface area (Å²) in [6.45, 7) is 1.17. The number of ether oxygens (including phenoxy) is 3. The molecular weight excluding hydrogens is 339 g/mol. The first-order valence-electron chi connectivity index (χ1n) is 8.41. The Balaban J connectivity index is 1.67. The van der Waals surface area contributed by atoms with Crippen LogP contribution >= 0.6 is 0 Å². The quantitative estimate of drug-likeness (QED) is 0.856. The number of benzene rings is 1. The van der Waals surface area contributed by atoms with Crippen molar-refractivity contribution < 1.29 is 23.4 Å². The standard InChI is InChI=1S/C19H21FN2O4/c1-24-11-14-5-3-7-17(21-14)19(23)22-16-8-9-25-12-18(16)26-15-6-2-4-13(20)10-15/h2-7,10,16,18H,8-9,11-12H2,1H3,(H,22,23)/t16-,18-/m1/s1. The van der Waals surface area contributed by atoms with Crippen LogP contribution in [0.2, 0.25) is 0 Å². The summed E-state index contributed by atoms with van der Waals surface area (Å²) in [4.78, 5) is 16.8. The molecule has 0 radical (unpaired) electrons. The zero-order valence-corrected chi connectivity index (χ0v) is 14.5. The van der Waals surface area contributed by atoms with Gasteiger partial charge in [-0.15, -0.1) is 0 Å². The lowest BCUT2D eigenvalue weighted by Gasteiger charge is -2.32. The van der Waals surface area contributed by atoms with Crippen LogP contribution < -0.4 is 10.1 Å². The minimum absolute atomic E-state index is 0.257. The number of amides is 1. The average Bonchev–Trinajstić information content (AvgIpc) is 2.64. The number of rotatable bonds is 6. The van der Waals surface area contributed by atoms with Crippen molar-refractivity contribution in [2.75, 3.05) is 20.3 Å². The van der Waals surface area contributed by atoms with Crippen LogP contribution in [0.5, 0.6) is 5.75 Å². The normalized spacial score (nSPS) is 19.8. The highest BCUT2D eigenvalue weighted by molar-refractivity contribution is 5.92. The van der Waals surface area contributed by atoms with E-state index in [9.17, 15) is 9.18 Å². The van der Waals surface area contributed by atoms with Crippen molar-refractivity contribution in [1.82, 2.24) is 10.3 Å². The molecule has 1 aromatic carbocycles. The Morgan fingerprint density at radius 2 is 2.19 bits per heavy atom. The first kappa shape index (κ1) is 18.3. The topological polar surface area (TPSA) is 69.7 Å². The molecule has 7 heteroatoms. The molecule has 6 nitrogen and oxygen atoms in total. The molecule has 0 spiro atoms. The molecule has 1 aliphatic heterocycles. The van der Waals surface area contributed by atoms with E-state index in [2.05, 4.69) is 10.3 Å². The highest BCUT2D eigenvalue weighted by Gasteiger charge is 2.29. The number of carbonyl (C=O) groups excluding carboxylic acids is 1. The molecule has 1 N–H and O–H groups in total. The van der Waals surface area contributed by atoms with Crippen LogP contribution in [0.1, 0.15) is 22.6 Å². The predicted molar refractivity (Wildman–Crippen MR) is 92.5 cm³/mol. The average molecular weight is 360 g/mol. The fourth-order valence-electron chi connectivity index (χ4n) is 2.78. The second-order valence-corrected chi connectivity index (χ2v) is 6.00. The SMILES string of the molecule is COCc1cccc(C(=O)N[C@@H]2CCOC[C@H]2Oc2cccc(F)c2)n1. The van der Waals surface area contributed by atoms with E-state index in [1.54, 1.807) is 37.4 Å². The maximum atomic E-state index is 13.4. The van der Waals surface area contributed by atoms with Gasteiger partial charge in [-0.3, -0.25) is 4.79 Å². The van der Waals surface area contributed by atoms with E-state index in [-0.39, 0.29) is 17.8 Å². The molecule has 2 heterocycles. The molecule has 2 atom stereocenters.